The number of fused-ring (bicyclic) bond motifs is 1. The van der Waals surface area contributed by atoms with Crippen LogP contribution in [0.15, 0.2) is 11.4 Å². The Bertz CT molecular complexity index is 347. The molecule has 70 valence electrons. The maximum absolute atomic E-state index is 10.4. The van der Waals surface area contributed by atoms with Crippen LogP contribution in [-0.4, -0.2) is 20.8 Å². The number of hydrogen-bond donors (Lipinski definition) is 2. The van der Waals surface area contributed by atoms with Crippen LogP contribution in [-0.2, 0) is 0 Å². The smallest absolute Gasteiger partial charge is 0.612 e. The normalized spacial score (nSPS) is 24.3. The zero-order chi connectivity index (χ0) is 9.59. The average Bonchev–Trinajstić information content (AvgIpc) is 2.56. The van der Waals surface area contributed by atoms with E-state index in [9.17, 15) is 20.6 Å². The topological polar surface area (TPSA) is 89.6 Å². The first kappa shape index (κ1) is 12.6. The summed E-state index contributed by atoms with van der Waals surface area (Å²) in [5.74, 6) is 0. The van der Waals surface area contributed by atoms with E-state index >= 15 is 0 Å². The van der Waals surface area contributed by atoms with Crippen molar-refractivity contribution in [2.45, 2.75) is 12.2 Å². The molecule has 0 saturated carbocycles. The number of hydrogen-bond acceptors (Lipinski definition) is 5. The van der Waals surface area contributed by atoms with Gasteiger partial charge in [-0.1, -0.05) is 0 Å². The standard InChI is InChI=1S/C7H6NO4S.K/c9-5-3-1-2-13-7(3)6(10)4(5)8(11)12;/h1-2,5-6,9-10H;/q-1;+1. The van der Waals surface area contributed by atoms with Crippen molar-refractivity contribution >= 4 is 17.0 Å². The minimum absolute atomic E-state index is 0. The first-order valence-electron chi connectivity index (χ1n) is 3.57. The molecule has 1 aliphatic carbocycles. The van der Waals surface area contributed by atoms with Crippen molar-refractivity contribution in [1.82, 2.24) is 0 Å². The Morgan fingerprint density at radius 1 is 1.29 bits per heavy atom. The summed E-state index contributed by atoms with van der Waals surface area (Å²) in [6.07, 6.45) is -2.51. The summed E-state index contributed by atoms with van der Waals surface area (Å²) in [7, 11) is 0. The third kappa shape index (κ3) is 1.79. The Hall–Kier alpha value is 0.526. The van der Waals surface area contributed by atoms with E-state index in [0.717, 1.165) is 0 Å². The van der Waals surface area contributed by atoms with Crippen LogP contribution in [0.5, 0.6) is 0 Å². The van der Waals surface area contributed by atoms with E-state index in [2.05, 4.69) is 0 Å². The summed E-state index contributed by atoms with van der Waals surface area (Å²) in [6, 6.07) is 1.59. The van der Waals surface area contributed by atoms with Gasteiger partial charge in [0.2, 0.25) is 5.71 Å². The van der Waals surface area contributed by atoms with Crippen LogP contribution in [0.3, 0.4) is 0 Å². The van der Waals surface area contributed by atoms with E-state index in [4.69, 9.17) is 0 Å². The molecule has 0 fully saturated rings. The van der Waals surface area contributed by atoms with E-state index in [-0.39, 0.29) is 51.4 Å². The fourth-order valence-corrected chi connectivity index (χ4v) is 2.35. The van der Waals surface area contributed by atoms with Gasteiger partial charge in [-0.05, 0) is 11.4 Å². The van der Waals surface area contributed by atoms with Crippen LogP contribution in [0.4, 0.5) is 0 Å². The number of aliphatic hydroxyl groups is 2. The Kier molecular flexibility index (Phi) is 4.12. The van der Waals surface area contributed by atoms with Crippen molar-refractivity contribution < 1.29 is 66.5 Å². The van der Waals surface area contributed by atoms with Crippen molar-refractivity contribution in [1.29, 1.82) is 0 Å². The Labute approximate surface area is 126 Å². The van der Waals surface area contributed by atoms with E-state index in [1.54, 1.807) is 11.4 Å². The molecule has 7 heteroatoms. The molecular formula is C7H6KNO4S. The van der Waals surface area contributed by atoms with E-state index in [0.29, 0.717) is 10.4 Å². The predicted octanol–water partition coefficient (Wildman–Crippen LogP) is -2.72. The molecule has 2 atom stereocenters. The molecule has 1 aliphatic rings. The Balaban J connectivity index is 0.000000980. The average molecular weight is 239 g/mol. The molecule has 0 aliphatic heterocycles. The summed E-state index contributed by atoms with van der Waals surface area (Å²) >= 11 is 1.21. The first-order chi connectivity index (χ1) is 6.13. The molecular weight excluding hydrogens is 233 g/mol. The third-order valence-corrected chi connectivity index (χ3v) is 3.03. The van der Waals surface area contributed by atoms with Gasteiger partial charge >= 0.3 is 51.4 Å². The van der Waals surface area contributed by atoms with Crippen LogP contribution < -0.4 is 51.4 Å². The zero-order valence-corrected chi connectivity index (χ0v) is 11.3. The minimum atomic E-state index is -1.26. The van der Waals surface area contributed by atoms with Crippen molar-refractivity contribution in [2.75, 3.05) is 0 Å². The van der Waals surface area contributed by atoms with Gasteiger partial charge in [-0.25, -0.2) is 0 Å². The maximum Gasteiger partial charge on any atom is 1.00 e. The van der Waals surface area contributed by atoms with Crippen LogP contribution in [0, 0.1) is 10.4 Å². The molecule has 2 unspecified atom stereocenters. The fourth-order valence-electron chi connectivity index (χ4n) is 1.42. The third-order valence-electron chi connectivity index (χ3n) is 2.04. The molecule has 0 saturated heterocycles. The van der Waals surface area contributed by atoms with Gasteiger partial charge in [0.15, 0.2) is 12.2 Å². The van der Waals surface area contributed by atoms with Gasteiger partial charge in [0.1, 0.15) is 0 Å². The Morgan fingerprint density at radius 3 is 2.43 bits per heavy atom. The molecule has 2 rings (SSSR count). The quantitative estimate of drug-likeness (QED) is 0.292. The van der Waals surface area contributed by atoms with Gasteiger partial charge < -0.3 is 20.6 Å². The summed E-state index contributed by atoms with van der Waals surface area (Å²) in [5, 5.41) is 41.5. The van der Waals surface area contributed by atoms with E-state index in [1.165, 1.54) is 11.3 Å². The summed E-state index contributed by atoms with van der Waals surface area (Å²) in [5.41, 5.74) is 0.00560. The second-order valence-corrected chi connectivity index (χ2v) is 3.67. The SMILES string of the molecule is [K+].[O-][N+]([O-])=C1C(O)c2ccsc2C1O. The molecule has 0 aromatic carbocycles. The maximum atomic E-state index is 10.4. The molecule has 0 spiro atoms. The van der Waals surface area contributed by atoms with Gasteiger partial charge in [0, 0.05) is 10.4 Å². The molecule has 0 radical (unpaired) electrons. The number of aliphatic hydroxyl groups excluding tert-OH is 2. The van der Waals surface area contributed by atoms with E-state index < -0.39 is 22.8 Å². The summed E-state index contributed by atoms with van der Waals surface area (Å²) in [6.45, 7) is 0. The molecule has 1 aromatic rings. The van der Waals surface area contributed by atoms with E-state index in [1.807, 2.05) is 0 Å². The van der Waals surface area contributed by atoms with Crippen molar-refractivity contribution in [3.8, 4) is 0 Å². The van der Waals surface area contributed by atoms with Gasteiger partial charge in [0.05, 0.1) is 0 Å². The number of thiophene rings is 1. The fraction of sp³-hybridized carbons (Fsp3) is 0.286. The van der Waals surface area contributed by atoms with Crippen LogP contribution in [0.2, 0.25) is 0 Å². The Morgan fingerprint density at radius 2 is 1.93 bits per heavy atom. The van der Waals surface area contributed by atoms with Gasteiger partial charge in [-0.2, -0.15) is 4.90 Å². The van der Waals surface area contributed by atoms with Crippen molar-refractivity contribution in [2.24, 2.45) is 0 Å². The minimum Gasteiger partial charge on any atom is -0.612 e. The monoisotopic (exact) mass is 239 g/mol. The zero-order valence-electron chi connectivity index (χ0n) is 7.38. The molecule has 0 amide bonds. The number of rotatable bonds is 0. The second-order valence-electron chi connectivity index (χ2n) is 2.73. The molecule has 2 N–H and O–H groups in total. The van der Waals surface area contributed by atoms with Crippen LogP contribution in [0.1, 0.15) is 22.6 Å². The van der Waals surface area contributed by atoms with Crippen molar-refractivity contribution in [3.05, 3.63) is 32.3 Å². The van der Waals surface area contributed by atoms with Gasteiger partial charge in [-0.15, -0.1) is 11.3 Å². The molecule has 14 heavy (non-hydrogen) atoms. The predicted molar refractivity (Wildman–Crippen MR) is 46.2 cm³/mol. The second kappa shape index (κ2) is 4.58. The summed E-state index contributed by atoms with van der Waals surface area (Å²) in [4.78, 5) is -0.249. The molecule has 0 bridgehead atoms. The summed E-state index contributed by atoms with van der Waals surface area (Å²) < 4.78 is 0. The van der Waals surface area contributed by atoms with Crippen LogP contribution >= 0.6 is 11.3 Å². The van der Waals surface area contributed by atoms with Gasteiger partial charge in [-0.3, -0.25) is 0 Å². The molecule has 1 heterocycles. The van der Waals surface area contributed by atoms with Gasteiger partial charge in [0.25, 0.3) is 0 Å². The first-order valence-corrected chi connectivity index (χ1v) is 4.45. The molecule has 5 nitrogen and oxygen atoms in total. The molecule has 1 aromatic heterocycles. The largest absolute Gasteiger partial charge is 1.00 e. The van der Waals surface area contributed by atoms with Crippen LogP contribution in [0.25, 0.3) is 0 Å². The van der Waals surface area contributed by atoms with Crippen molar-refractivity contribution in [3.63, 3.8) is 0 Å². The number of nitrogens with zero attached hydrogens (tertiary/aromatic N) is 1.